The SMILES string of the molecule is COc1ccc(C2CN(C)C(=O)C(=O)N2C)cc1. The summed E-state index contributed by atoms with van der Waals surface area (Å²) in [5, 5.41) is 0. The Hall–Kier alpha value is -2.04. The molecule has 2 amide bonds. The van der Waals surface area contributed by atoms with Gasteiger partial charge in [0.2, 0.25) is 0 Å². The van der Waals surface area contributed by atoms with E-state index in [-0.39, 0.29) is 6.04 Å². The van der Waals surface area contributed by atoms with Gasteiger partial charge in [-0.1, -0.05) is 12.1 Å². The zero-order chi connectivity index (χ0) is 13.3. The first kappa shape index (κ1) is 12.4. The molecule has 1 aliphatic heterocycles. The van der Waals surface area contributed by atoms with E-state index in [1.807, 2.05) is 24.3 Å². The lowest BCUT2D eigenvalue weighted by Crippen LogP contribution is -2.52. The van der Waals surface area contributed by atoms with Gasteiger partial charge in [0.25, 0.3) is 0 Å². The van der Waals surface area contributed by atoms with E-state index in [1.54, 1.807) is 21.2 Å². The van der Waals surface area contributed by atoms with Gasteiger partial charge in [0, 0.05) is 20.6 Å². The lowest BCUT2D eigenvalue weighted by Gasteiger charge is -2.37. The van der Waals surface area contributed by atoms with E-state index < -0.39 is 11.8 Å². The van der Waals surface area contributed by atoms with Crippen LogP contribution in [0.1, 0.15) is 11.6 Å². The van der Waals surface area contributed by atoms with Gasteiger partial charge in [-0.15, -0.1) is 0 Å². The Labute approximate surface area is 106 Å². The van der Waals surface area contributed by atoms with Crippen LogP contribution in [0.5, 0.6) is 5.75 Å². The summed E-state index contributed by atoms with van der Waals surface area (Å²) in [7, 11) is 4.91. The number of piperazine rings is 1. The average molecular weight is 248 g/mol. The number of ether oxygens (including phenoxy) is 1. The van der Waals surface area contributed by atoms with E-state index in [2.05, 4.69) is 0 Å². The van der Waals surface area contributed by atoms with E-state index in [4.69, 9.17) is 4.74 Å². The number of hydrogen-bond acceptors (Lipinski definition) is 3. The van der Waals surface area contributed by atoms with Crippen LogP contribution in [0.3, 0.4) is 0 Å². The number of carbonyl (C=O) groups excluding carboxylic acids is 2. The molecule has 18 heavy (non-hydrogen) atoms. The van der Waals surface area contributed by atoms with Crippen LogP contribution in [0, 0.1) is 0 Å². The molecule has 0 aliphatic carbocycles. The highest BCUT2D eigenvalue weighted by Gasteiger charge is 2.35. The van der Waals surface area contributed by atoms with Crippen molar-refractivity contribution in [3.05, 3.63) is 29.8 Å². The van der Waals surface area contributed by atoms with Crippen molar-refractivity contribution in [2.75, 3.05) is 27.7 Å². The molecule has 0 bridgehead atoms. The Morgan fingerprint density at radius 3 is 2.28 bits per heavy atom. The summed E-state index contributed by atoms with van der Waals surface area (Å²) in [5.41, 5.74) is 0.992. The molecular weight excluding hydrogens is 232 g/mol. The molecule has 1 aliphatic rings. The van der Waals surface area contributed by atoms with Crippen LogP contribution < -0.4 is 4.74 Å². The van der Waals surface area contributed by atoms with Crippen LogP contribution in [-0.2, 0) is 9.59 Å². The standard InChI is InChI=1S/C13H16N2O3/c1-14-8-11(15(2)13(17)12(14)16)9-4-6-10(18-3)7-5-9/h4-7,11H,8H2,1-3H3. The molecule has 0 spiro atoms. The molecule has 0 N–H and O–H groups in total. The van der Waals surface area contributed by atoms with Gasteiger partial charge < -0.3 is 14.5 Å². The second kappa shape index (κ2) is 4.68. The van der Waals surface area contributed by atoms with Crippen LogP contribution in [0.25, 0.3) is 0 Å². The molecule has 96 valence electrons. The fraction of sp³-hybridized carbons (Fsp3) is 0.385. The number of amides is 2. The van der Waals surface area contributed by atoms with Crippen molar-refractivity contribution < 1.29 is 14.3 Å². The van der Waals surface area contributed by atoms with Crippen LogP contribution in [0.4, 0.5) is 0 Å². The third kappa shape index (κ3) is 2.03. The first-order valence-corrected chi connectivity index (χ1v) is 5.70. The summed E-state index contributed by atoms with van der Waals surface area (Å²) < 4.78 is 5.10. The summed E-state index contributed by atoms with van der Waals surface area (Å²) in [6, 6.07) is 7.42. The third-order valence-electron chi connectivity index (χ3n) is 3.26. The van der Waals surface area contributed by atoms with Crippen LogP contribution in [-0.4, -0.2) is 49.4 Å². The summed E-state index contributed by atoms with van der Waals surface area (Å²) in [4.78, 5) is 26.2. The third-order valence-corrected chi connectivity index (χ3v) is 3.26. The van der Waals surface area contributed by atoms with E-state index >= 15 is 0 Å². The summed E-state index contributed by atoms with van der Waals surface area (Å²) >= 11 is 0. The molecule has 2 rings (SSSR count). The molecule has 1 saturated heterocycles. The van der Waals surface area contributed by atoms with Gasteiger partial charge >= 0.3 is 11.8 Å². The van der Waals surface area contributed by atoms with Gasteiger partial charge in [-0.25, -0.2) is 0 Å². The molecule has 0 saturated carbocycles. The molecule has 1 atom stereocenters. The predicted octanol–water partition coefficient (Wildman–Crippen LogP) is 0.667. The van der Waals surface area contributed by atoms with Gasteiger partial charge in [0.1, 0.15) is 5.75 Å². The Kier molecular flexibility index (Phi) is 3.23. The number of rotatable bonds is 2. The van der Waals surface area contributed by atoms with E-state index in [0.29, 0.717) is 6.54 Å². The Morgan fingerprint density at radius 1 is 1.11 bits per heavy atom. The molecule has 0 radical (unpaired) electrons. The first-order valence-electron chi connectivity index (χ1n) is 5.70. The Bertz CT molecular complexity index is 470. The lowest BCUT2D eigenvalue weighted by molar-refractivity contribution is -0.156. The van der Waals surface area contributed by atoms with Gasteiger partial charge in [0.15, 0.2) is 0 Å². The number of hydrogen-bond donors (Lipinski definition) is 0. The molecule has 1 fully saturated rings. The van der Waals surface area contributed by atoms with Gasteiger partial charge in [-0.2, -0.15) is 0 Å². The fourth-order valence-corrected chi connectivity index (χ4v) is 2.08. The average Bonchev–Trinajstić information content (AvgIpc) is 2.41. The normalized spacial score (nSPS) is 20.3. The highest BCUT2D eigenvalue weighted by Crippen LogP contribution is 2.26. The molecule has 1 unspecified atom stereocenters. The number of methoxy groups -OCH3 is 1. The van der Waals surface area contributed by atoms with E-state index in [9.17, 15) is 9.59 Å². The predicted molar refractivity (Wildman–Crippen MR) is 66.1 cm³/mol. The highest BCUT2D eigenvalue weighted by atomic mass is 16.5. The summed E-state index contributed by atoms with van der Waals surface area (Å²) in [5.74, 6) is -0.153. The van der Waals surface area contributed by atoms with Gasteiger partial charge in [-0.3, -0.25) is 9.59 Å². The molecular formula is C13H16N2O3. The molecule has 5 heteroatoms. The van der Waals surface area contributed by atoms with Crippen molar-refractivity contribution in [2.24, 2.45) is 0 Å². The monoisotopic (exact) mass is 248 g/mol. The van der Waals surface area contributed by atoms with Crippen molar-refractivity contribution in [1.29, 1.82) is 0 Å². The largest absolute Gasteiger partial charge is 0.497 e. The minimum atomic E-state index is -0.468. The Balaban J connectivity index is 2.26. The minimum absolute atomic E-state index is 0.105. The topological polar surface area (TPSA) is 49.9 Å². The lowest BCUT2D eigenvalue weighted by atomic mass is 10.0. The maximum atomic E-state index is 11.8. The minimum Gasteiger partial charge on any atom is -0.497 e. The molecule has 5 nitrogen and oxygen atoms in total. The Morgan fingerprint density at radius 2 is 1.72 bits per heavy atom. The van der Waals surface area contributed by atoms with Crippen molar-refractivity contribution in [3.63, 3.8) is 0 Å². The quantitative estimate of drug-likeness (QED) is 0.723. The maximum absolute atomic E-state index is 11.8. The first-order chi connectivity index (χ1) is 8.54. The van der Waals surface area contributed by atoms with E-state index in [1.165, 1.54) is 9.80 Å². The van der Waals surface area contributed by atoms with Crippen LogP contribution in [0.15, 0.2) is 24.3 Å². The highest BCUT2D eigenvalue weighted by molar-refractivity contribution is 6.35. The summed E-state index contributed by atoms with van der Waals surface area (Å²) in [6.45, 7) is 0.507. The second-order valence-corrected chi connectivity index (χ2v) is 4.39. The second-order valence-electron chi connectivity index (χ2n) is 4.39. The molecule has 0 aromatic heterocycles. The van der Waals surface area contributed by atoms with Crippen molar-refractivity contribution >= 4 is 11.8 Å². The smallest absolute Gasteiger partial charge is 0.312 e. The number of nitrogens with zero attached hydrogens (tertiary/aromatic N) is 2. The number of benzene rings is 1. The molecule has 1 aromatic carbocycles. The van der Waals surface area contributed by atoms with Crippen molar-refractivity contribution in [1.82, 2.24) is 9.80 Å². The maximum Gasteiger partial charge on any atom is 0.312 e. The summed E-state index contributed by atoms with van der Waals surface area (Å²) in [6.07, 6.45) is 0. The molecule has 1 aromatic rings. The zero-order valence-corrected chi connectivity index (χ0v) is 10.7. The molecule has 1 heterocycles. The van der Waals surface area contributed by atoms with Gasteiger partial charge in [0.05, 0.1) is 13.2 Å². The fourth-order valence-electron chi connectivity index (χ4n) is 2.08. The van der Waals surface area contributed by atoms with E-state index in [0.717, 1.165) is 11.3 Å². The number of carbonyl (C=O) groups is 2. The zero-order valence-electron chi connectivity index (χ0n) is 10.7. The van der Waals surface area contributed by atoms with Gasteiger partial charge in [-0.05, 0) is 17.7 Å². The van der Waals surface area contributed by atoms with Crippen LogP contribution in [0.2, 0.25) is 0 Å². The number of likely N-dealkylation sites (N-methyl/N-ethyl adjacent to an activating group) is 2. The van der Waals surface area contributed by atoms with Crippen molar-refractivity contribution in [2.45, 2.75) is 6.04 Å². The van der Waals surface area contributed by atoms with Crippen LogP contribution >= 0.6 is 0 Å². The van der Waals surface area contributed by atoms with Crippen molar-refractivity contribution in [3.8, 4) is 5.75 Å².